The quantitative estimate of drug-likeness (QED) is 0.771. The fraction of sp³-hybridized carbons (Fsp3) is 0.294. The van der Waals surface area contributed by atoms with Gasteiger partial charge in [-0.3, -0.25) is 9.97 Å². The average molecular weight is 344 g/mol. The third-order valence-corrected chi connectivity index (χ3v) is 4.14. The predicted molar refractivity (Wildman–Crippen MR) is 92.9 cm³/mol. The third kappa shape index (κ3) is 2.90. The first kappa shape index (κ1) is 16.5. The van der Waals surface area contributed by atoms with Gasteiger partial charge in [-0.25, -0.2) is 0 Å². The number of halogens is 1. The topological polar surface area (TPSA) is 76.7 Å². The second kappa shape index (κ2) is 6.67. The highest BCUT2D eigenvalue weighted by atomic mass is 35.5. The van der Waals surface area contributed by atoms with E-state index in [2.05, 4.69) is 25.4 Å². The van der Waals surface area contributed by atoms with E-state index in [0.29, 0.717) is 11.7 Å². The fourth-order valence-electron chi connectivity index (χ4n) is 2.90. The minimum Gasteiger partial charge on any atom is -0.334 e. The van der Waals surface area contributed by atoms with E-state index in [9.17, 15) is 0 Å². The van der Waals surface area contributed by atoms with Crippen LogP contribution in [0, 0.1) is 13.8 Å². The molecule has 24 heavy (non-hydrogen) atoms. The average Bonchev–Trinajstić information content (AvgIpc) is 3.05. The van der Waals surface area contributed by atoms with E-state index < -0.39 is 0 Å². The van der Waals surface area contributed by atoms with Crippen molar-refractivity contribution >= 4 is 12.4 Å². The van der Waals surface area contributed by atoms with E-state index in [-0.39, 0.29) is 12.4 Å². The van der Waals surface area contributed by atoms with Crippen LogP contribution in [-0.2, 0) is 13.0 Å². The van der Waals surface area contributed by atoms with Gasteiger partial charge in [0.25, 0.3) is 5.89 Å². The van der Waals surface area contributed by atoms with Gasteiger partial charge in [-0.2, -0.15) is 4.98 Å². The van der Waals surface area contributed by atoms with E-state index in [4.69, 9.17) is 4.52 Å². The lowest BCUT2D eigenvalue weighted by atomic mass is 9.95. The van der Waals surface area contributed by atoms with Gasteiger partial charge in [0.15, 0.2) is 0 Å². The Balaban J connectivity index is 0.00000169. The Bertz CT molecular complexity index is 860. The van der Waals surface area contributed by atoms with Crippen molar-refractivity contribution in [2.45, 2.75) is 26.8 Å². The zero-order valence-electron chi connectivity index (χ0n) is 13.5. The lowest BCUT2D eigenvalue weighted by Gasteiger charge is -2.19. The van der Waals surface area contributed by atoms with Gasteiger partial charge in [0.1, 0.15) is 0 Å². The lowest BCUT2D eigenvalue weighted by Crippen LogP contribution is -2.24. The summed E-state index contributed by atoms with van der Waals surface area (Å²) in [6, 6.07) is 3.87. The van der Waals surface area contributed by atoms with Gasteiger partial charge in [-0.15, -0.1) is 12.4 Å². The summed E-state index contributed by atoms with van der Waals surface area (Å²) < 4.78 is 5.45. The van der Waals surface area contributed by atoms with Crippen molar-refractivity contribution in [2.75, 3.05) is 6.54 Å². The monoisotopic (exact) mass is 343 g/mol. The van der Waals surface area contributed by atoms with Crippen molar-refractivity contribution in [1.29, 1.82) is 0 Å². The van der Waals surface area contributed by atoms with Gasteiger partial charge < -0.3 is 9.84 Å². The van der Waals surface area contributed by atoms with Crippen LogP contribution in [0.4, 0.5) is 0 Å². The van der Waals surface area contributed by atoms with Gasteiger partial charge in [0.2, 0.25) is 5.82 Å². The summed E-state index contributed by atoms with van der Waals surface area (Å²) in [7, 11) is 0. The molecular weight excluding hydrogens is 326 g/mol. The molecule has 0 aliphatic carbocycles. The predicted octanol–water partition coefficient (Wildman–Crippen LogP) is 2.88. The molecular formula is C17H18ClN5O. The standard InChI is InChI=1S/C17H17N5O.ClH/c1-10-3-4-12(8-19-10)17-21-16(22-23-17)15-11(2)20-9-13-7-18-6-5-14(13)15;/h3-4,8-9,18H,5-7H2,1-2H3;1H. The SMILES string of the molecule is Cc1ccc(-c2nc(-c3c(C)ncc4c3CCNC4)no2)cn1.Cl. The number of pyridine rings is 2. The van der Waals surface area contributed by atoms with Gasteiger partial charge in [-0.1, -0.05) is 5.16 Å². The molecule has 0 saturated carbocycles. The molecule has 0 unspecified atom stereocenters. The molecule has 4 heterocycles. The second-order valence-corrected chi connectivity index (χ2v) is 5.76. The summed E-state index contributed by atoms with van der Waals surface area (Å²) in [5.74, 6) is 1.09. The molecule has 0 amide bonds. The number of hydrogen-bond acceptors (Lipinski definition) is 6. The molecule has 0 bridgehead atoms. The van der Waals surface area contributed by atoms with E-state index in [1.165, 1.54) is 11.1 Å². The van der Waals surface area contributed by atoms with E-state index in [1.54, 1.807) is 6.20 Å². The largest absolute Gasteiger partial charge is 0.334 e. The molecule has 3 aromatic rings. The van der Waals surface area contributed by atoms with Crippen molar-refractivity contribution in [3.8, 4) is 22.8 Å². The molecule has 0 spiro atoms. The van der Waals surface area contributed by atoms with Gasteiger partial charge in [-0.05, 0) is 50.1 Å². The Morgan fingerprint density at radius 2 is 2.00 bits per heavy atom. The molecule has 0 fully saturated rings. The summed E-state index contributed by atoms with van der Waals surface area (Å²) in [5.41, 5.74) is 6.19. The number of nitrogens with zero attached hydrogens (tertiary/aromatic N) is 4. The van der Waals surface area contributed by atoms with Crippen LogP contribution in [0.5, 0.6) is 0 Å². The van der Waals surface area contributed by atoms with Crippen LogP contribution < -0.4 is 5.32 Å². The van der Waals surface area contributed by atoms with Crippen molar-refractivity contribution in [1.82, 2.24) is 25.4 Å². The van der Waals surface area contributed by atoms with Crippen LogP contribution in [0.1, 0.15) is 22.5 Å². The zero-order chi connectivity index (χ0) is 15.8. The Morgan fingerprint density at radius 1 is 1.12 bits per heavy atom. The molecule has 0 atom stereocenters. The zero-order valence-corrected chi connectivity index (χ0v) is 14.4. The summed E-state index contributed by atoms with van der Waals surface area (Å²) in [4.78, 5) is 13.3. The first-order chi connectivity index (χ1) is 11.2. The fourth-order valence-corrected chi connectivity index (χ4v) is 2.90. The molecule has 3 aromatic heterocycles. The number of fused-ring (bicyclic) bond motifs is 1. The molecule has 124 valence electrons. The van der Waals surface area contributed by atoms with Crippen molar-refractivity contribution in [3.05, 3.63) is 47.0 Å². The van der Waals surface area contributed by atoms with Crippen molar-refractivity contribution < 1.29 is 4.52 Å². The van der Waals surface area contributed by atoms with Gasteiger partial charge in [0.05, 0.1) is 5.56 Å². The Kier molecular flexibility index (Phi) is 4.59. The Morgan fingerprint density at radius 3 is 2.79 bits per heavy atom. The molecule has 1 aliphatic rings. The first-order valence-electron chi connectivity index (χ1n) is 7.67. The van der Waals surface area contributed by atoms with E-state index in [0.717, 1.165) is 42.0 Å². The van der Waals surface area contributed by atoms with E-state index >= 15 is 0 Å². The number of aryl methyl sites for hydroxylation is 2. The van der Waals surface area contributed by atoms with Crippen LogP contribution in [0.3, 0.4) is 0 Å². The maximum absolute atomic E-state index is 5.45. The van der Waals surface area contributed by atoms with Crippen LogP contribution in [0.25, 0.3) is 22.8 Å². The van der Waals surface area contributed by atoms with Crippen LogP contribution in [0.2, 0.25) is 0 Å². The molecule has 0 radical (unpaired) electrons. The minimum atomic E-state index is 0. The molecule has 1 aliphatic heterocycles. The highest BCUT2D eigenvalue weighted by molar-refractivity contribution is 5.85. The van der Waals surface area contributed by atoms with Crippen LogP contribution in [0.15, 0.2) is 29.0 Å². The minimum absolute atomic E-state index is 0. The maximum atomic E-state index is 5.45. The van der Waals surface area contributed by atoms with E-state index in [1.807, 2.05) is 32.2 Å². The molecule has 7 heteroatoms. The van der Waals surface area contributed by atoms with Crippen LogP contribution >= 0.6 is 12.4 Å². The lowest BCUT2D eigenvalue weighted by molar-refractivity contribution is 0.432. The highest BCUT2D eigenvalue weighted by Gasteiger charge is 2.21. The van der Waals surface area contributed by atoms with Crippen molar-refractivity contribution in [3.63, 3.8) is 0 Å². The summed E-state index contributed by atoms with van der Waals surface area (Å²) in [5, 5.41) is 7.54. The number of nitrogens with one attached hydrogen (secondary N) is 1. The molecule has 4 rings (SSSR count). The van der Waals surface area contributed by atoms with Gasteiger partial charge >= 0.3 is 0 Å². The third-order valence-electron chi connectivity index (χ3n) is 4.14. The van der Waals surface area contributed by atoms with Crippen molar-refractivity contribution in [2.24, 2.45) is 0 Å². The molecule has 0 aromatic carbocycles. The summed E-state index contributed by atoms with van der Waals surface area (Å²) in [6.07, 6.45) is 4.64. The number of aromatic nitrogens is 4. The maximum Gasteiger partial charge on any atom is 0.259 e. The Labute approximate surface area is 146 Å². The second-order valence-electron chi connectivity index (χ2n) is 5.76. The normalized spacial score (nSPS) is 13.2. The van der Waals surface area contributed by atoms with Crippen LogP contribution in [-0.4, -0.2) is 26.7 Å². The highest BCUT2D eigenvalue weighted by Crippen LogP contribution is 2.30. The summed E-state index contributed by atoms with van der Waals surface area (Å²) >= 11 is 0. The smallest absolute Gasteiger partial charge is 0.259 e. The first-order valence-corrected chi connectivity index (χ1v) is 7.67. The Hall–Kier alpha value is -2.31. The van der Waals surface area contributed by atoms with Gasteiger partial charge in [0, 0.05) is 35.9 Å². The number of hydrogen-bond donors (Lipinski definition) is 1. The molecule has 6 nitrogen and oxygen atoms in total. The summed E-state index contributed by atoms with van der Waals surface area (Å²) in [6.45, 7) is 5.72. The number of rotatable bonds is 2. The molecule has 1 N–H and O–H groups in total. The molecule has 0 saturated heterocycles.